The minimum atomic E-state index is -0.462. The number of rotatable bonds is 4. The molecule has 0 N–H and O–H groups in total. The summed E-state index contributed by atoms with van der Waals surface area (Å²) in [7, 11) is 1.30. The number of nitrogens with zero attached hydrogens (tertiary/aromatic N) is 1. The van der Waals surface area contributed by atoms with Crippen molar-refractivity contribution in [2.24, 2.45) is 0 Å². The van der Waals surface area contributed by atoms with Crippen molar-refractivity contribution in [3.8, 4) is 0 Å². The minimum Gasteiger partial charge on any atom is -0.465 e. The molecule has 0 radical (unpaired) electrons. The number of thioether (sulfide) groups is 1. The van der Waals surface area contributed by atoms with Crippen molar-refractivity contribution in [2.45, 2.75) is 6.54 Å². The number of benzene rings is 2. The van der Waals surface area contributed by atoms with Gasteiger partial charge in [-0.25, -0.2) is 4.79 Å². The third-order valence-corrected chi connectivity index (χ3v) is 5.11. The Hall–Kier alpha value is -2.38. The van der Waals surface area contributed by atoms with Crippen LogP contribution in [0.1, 0.15) is 21.5 Å². The minimum absolute atomic E-state index is 0.103. The number of amides is 2. The Kier molecular flexibility index (Phi) is 5.58. The van der Waals surface area contributed by atoms with Crippen molar-refractivity contribution in [1.29, 1.82) is 0 Å². The van der Waals surface area contributed by atoms with Crippen molar-refractivity contribution in [3.05, 3.63) is 74.6 Å². The van der Waals surface area contributed by atoms with Crippen molar-refractivity contribution in [3.63, 3.8) is 0 Å². The highest BCUT2D eigenvalue weighted by Crippen LogP contribution is 2.33. The van der Waals surface area contributed by atoms with E-state index >= 15 is 0 Å². The lowest BCUT2D eigenvalue weighted by Crippen LogP contribution is -2.27. The molecule has 0 bridgehead atoms. The Bertz CT molecular complexity index is 925. The van der Waals surface area contributed by atoms with E-state index in [0.717, 1.165) is 21.8 Å². The molecule has 1 saturated heterocycles. The predicted octanol–water partition coefficient (Wildman–Crippen LogP) is 4.47. The molecule has 0 atom stereocenters. The maximum Gasteiger partial charge on any atom is 0.337 e. The molecule has 1 aliphatic rings. The third kappa shape index (κ3) is 4.05. The monoisotopic (exact) mass is 431 g/mol. The van der Waals surface area contributed by atoms with Crippen LogP contribution >= 0.6 is 27.7 Å². The van der Waals surface area contributed by atoms with E-state index in [2.05, 4.69) is 15.9 Å². The van der Waals surface area contributed by atoms with Gasteiger partial charge in [0.2, 0.25) is 0 Å². The molecule has 5 nitrogen and oxygen atoms in total. The summed E-state index contributed by atoms with van der Waals surface area (Å²) in [4.78, 5) is 38.0. The highest BCUT2D eigenvalue weighted by Gasteiger charge is 2.35. The molecule has 0 aliphatic carbocycles. The summed E-state index contributed by atoms with van der Waals surface area (Å²) in [5.41, 5.74) is 1.89. The molecule has 2 amide bonds. The predicted molar refractivity (Wildman–Crippen MR) is 103 cm³/mol. The smallest absolute Gasteiger partial charge is 0.337 e. The summed E-state index contributed by atoms with van der Waals surface area (Å²) in [5.74, 6) is -0.806. The maximum atomic E-state index is 12.6. The zero-order valence-electron chi connectivity index (χ0n) is 13.8. The van der Waals surface area contributed by atoms with Gasteiger partial charge in [0.1, 0.15) is 0 Å². The third-order valence-electron chi connectivity index (χ3n) is 3.71. The van der Waals surface area contributed by atoms with E-state index in [4.69, 9.17) is 4.74 Å². The number of halogens is 1. The van der Waals surface area contributed by atoms with Crippen LogP contribution in [0.3, 0.4) is 0 Å². The second-order valence-electron chi connectivity index (χ2n) is 5.51. The molecule has 1 heterocycles. The van der Waals surface area contributed by atoms with Crippen molar-refractivity contribution >= 4 is 50.9 Å². The lowest BCUT2D eigenvalue weighted by atomic mass is 10.1. The summed E-state index contributed by atoms with van der Waals surface area (Å²) in [5, 5.41) is -0.334. The largest absolute Gasteiger partial charge is 0.465 e. The van der Waals surface area contributed by atoms with E-state index in [1.807, 2.05) is 24.3 Å². The highest BCUT2D eigenvalue weighted by molar-refractivity contribution is 9.10. The van der Waals surface area contributed by atoms with Crippen LogP contribution in [0.15, 0.2) is 57.9 Å². The Morgan fingerprint density at radius 3 is 2.69 bits per heavy atom. The Morgan fingerprint density at radius 2 is 1.96 bits per heavy atom. The van der Waals surface area contributed by atoms with Crippen LogP contribution < -0.4 is 0 Å². The Morgan fingerprint density at radius 1 is 1.19 bits per heavy atom. The molecule has 3 rings (SSSR count). The number of carbonyl (C=O) groups is 3. The molecule has 1 fully saturated rings. The number of hydrogen-bond donors (Lipinski definition) is 0. The average Bonchev–Trinajstić information content (AvgIpc) is 2.89. The van der Waals surface area contributed by atoms with Crippen LogP contribution in [0.5, 0.6) is 0 Å². The molecule has 26 heavy (non-hydrogen) atoms. The molecule has 0 aromatic heterocycles. The molecule has 2 aromatic carbocycles. The molecule has 0 unspecified atom stereocenters. The van der Waals surface area contributed by atoms with E-state index in [1.54, 1.807) is 30.3 Å². The average molecular weight is 432 g/mol. The van der Waals surface area contributed by atoms with Gasteiger partial charge in [0.25, 0.3) is 11.1 Å². The first-order valence-corrected chi connectivity index (χ1v) is 9.27. The summed E-state index contributed by atoms with van der Waals surface area (Å²) < 4.78 is 5.59. The highest BCUT2D eigenvalue weighted by atomic mass is 79.9. The van der Waals surface area contributed by atoms with E-state index in [-0.39, 0.29) is 17.7 Å². The van der Waals surface area contributed by atoms with Gasteiger partial charge in [0, 0.05) is 4.47 Å². The van der Waals surface area contributed by atoms with Crippen LogP contribution in [-0.4, -0.2) is 29.1 Å². The maximum absolute atomic E-state index is 12.6. The number of esters is 1. The van der Waals surface area contributed by atoms with Crippen LogP contribution in [0, 0.1) is 0 Å². The fraction of sp³-hybridized carbons (Fsp3) is 0.105. The second-order valence-corrected chi connectivity index (χ2v) is 7.42. The number of hydrogen-bond acceptors (Lipinski definition) is 5. The zero-order chi connectivity index (χ0) is 18.7. The fourth-order valence-electron chi connectivity index (χ4n) is 2.48. The van der Waals surface area contributed by atoms with E-state index in [1.165, 1.54) is 12.0 Å². The van der Waals surface area contributed by atoms with Gasteiger partial charge in [-0.15, -0.1) is 0 Å². The topological polar surface area (TPSA) is 63.7 Å². The zero-order valence-corrected chi connectivity index (χ0v) is 16.2. The first-order chi connectivity index (χ1) is 12.5. The van der Waals surface area contributed by atoms with Gasteiger partial charge in [-0.2, -0.15) is 0 Å². The number of ether oxygens (including phenoxy) is 1. The number of imide groups is 1. The van der Waals surface area contributed by atoms with E-state index in [9.17, 15) is 14.4 Å². The molecule has 1 aliphatic heterocycles. The lowest BCUT2D eigenvalue weighted by molar-refractivity contribution is -0.123. The van der Waals surface area contributed by atoms with Gasteiger partial charge in [0.05, 0.1) is 24.1 Å². The molecular formula is C19H14BrNO4S. The van der Waals surface area contributed by atoms with Crippen LogP contribution in [0.25, 0.3) is 6.08 Å². The molecule has 2 aromatic rings. The summed E-state index contributed by atoms with van der Waals surface area (Å²) in [6.45, 7) is 0.103. The van der Waals surface area contributed by atoms with Gasteiger partial charge >= 0.3 is 5.97 Å². The van der Waals surface area contributed by atoms with Crippen molar-refractivity contribution in [2.75, 3.05) is 7.11 Å². The lowest BCUT2D eigenvalue weighted by Gasteiger charge is -2.13. The first kappa shape index (κ1) is 18.4. The van der Waals surface area contributed by atoms with Crippen molar-refractivity contribution < 1.29 is 19.1 Å². The van der Waals surface area contributed by atoms with Gasteiger partial charge in [-0.1, -0.05) is 40.2 Å². The van der Waals surface area contributed by atoms with Crippen molar-refractivity contribution in [1.82, 2.24) is 4.90 Å². The summed E-state index contributed by atoms with van der Waals surface area (Å²) >= 11 is 4.29. The molecular weight excluding hydrogens is 418 g/mol. The molecule has 7 heteroatoms. The molecule has 0 spiro atoms. The van der Waals surface area contributed by atoms with Gasteiger partial charge < -0.3 is 4.74 Å². The Balaban J connectivity index is 1.81. The van der Waals surface area contributed by atoms with Crippen LogP contribution in [0.4, 0.5) is 4.79 Å². The second kappa shape index (κ2) is 7.88. The standard InChI is InChI=1S/C19H14BrNO4S/c1-25-18(23)14-6-2-5-13(8-14)11-21-17(22)16(26-19(21)24)10-12-4-3-7-15(20)9-12/h2-10H,11H2,1H3. The van der Waals surface area contributed by atoms with Gasteiger partial charge in [-0.3, -0.25) is 14.5 Å². The Labute approximate surface area is 163 Å². The fourth-order valence-corrected chi connectivity index (χ4v) is 3.74. The molecule has 0 saturated carbocycles. The summed E-state index contributed by atoms with van der Waals surface area (Å²) in [6, 6.07) is 14.2. The summed E-state index contributed by atoms with van der Waals surface area (Å²) in [6.07, 6.45) is 1.69. The molecule has 132 valence electrons. The van der Waals surface area contributed by atoms with Gasteiger partial charge in [0.15, 0.2) is 0 Å². The van der Waals surface area contributed by atoms with Crippen LogP contribution in [-0.2, 0) is 16.1 Å². The van der Waals surface area contributed by atoms with Gasteiger partial charge in [-0.05, 0) is 53.2 Å². The van der Waals surface area contributed by atoms with E-state index < -0.39 is 5.97 Å². The normalized spacial score (nSPS) is 15.6. The number of carbonyl (C=O) groups excluding carboxylic acids is 3. The van der Waals surface area contributed by atoms with E-state index in [0.29, 0.717) is 16.0 Å². The first-order valence-electron chi connectivity index (χ1n) is 7.66. The quantitative estimate of drug-likeness (QED) is 0.527. The SMILES string of the molecule is COC(=O)c1cccc(CN2C(=O)SC(=Cc3cccc(Br)c3)C2=O)c1. The number of methoxy groups -OCH3 is 1. The van der Waals surface area contributed by atoms with Crippen LogP contribution in [0.2, 0.25) is 0 Å².